The normalized spacial score (nSPS) is 27.3. The molecule has 1 atom stereocenters. The zero-order chi connectivity index (χ0) is 12.8. The fourth-order valence-corrected chi connectivity index (χ4v) is 4.61. The van der Waals surface area contributed by atoms with Crippen molar-refractivity contribution in [3.63, 3.8) is 0 Å². The Bertz CT molecular complexity index is 493. The molecule has 0 saturated heterocycles. The molecule has 0 amide bonds. The second kappa shape index (κ2) is 3.95. The summed E-state index contributed by atoms with van der Waals surface area (Å²) < 4.78 is 39.5. The highest BCUT2D eigenvalue weighted by Gasteiger charge is 2.54. The van der Waals surface area contributed by atoms with E-state index in [-0.39, 0.29) is 9.80 Å². The van der Waals surface area contributed by atoms with Crippen molar-refractivity contribution in [1.82, 2.24) is 0 Å². The number of hydrogen-bond donors (Lipinski definition) is 0. The molecule has 5 heteroatoms. The van der Waals surface area contributed by atoms with Gasteiger partial charge in [-0.15, -0.1) is 0 Å². The fourth-order valence-electron chi connectivity index (χ4n) is 2.07. The van der Waals surface area contributed by atoms with Gasteiger partial charge in [-0.25, -0.2) is 0 Å². The molecule has 1 aromatic carbocycles. The first kappa shape index (κ1) is 12.8. The quantitative estimate of drug-likeness (QED) is 0.641. The molecule has 0 aromatic heterocycles. The Morgan fingerprint density at radius 1 is 1.29 bits per heavy atom. The monoisotopic (exact) mass is 280 g/mol. The van der Waals surface area contributed by atoms with E-state index >= 15 is 0 Å². The number of rotatable bonds is 1. The van der Waals surface area contributed by atoms with E-state index < -0.39 is 14.7 Å². The summed E-state index contributed by atoms with van der Waals surface area (Å²) in [6.45, 7) is 3.39. The topological polar surface area (TPSA) is 0 Å². The lowest BCUT2D eigenvalue weighted by Gasteiger charge is -2.33. The molecular formula is C12H12ClF3S. The third-order valence-electron chi connectivity index (χ3n) is 2.95. The molecule has 0 aliphatic carbocycles. The molecule has 0 fully saturated rings. The number of hydrogen-bond acceptors (Lipinski definition) is 0. The third kappa shape index (κ3) is 1.69. The first-order chi connectivity index (χ1) is 7.82. The van der Waals surface area contributed by atoms with Crippen molar-refractivity contribution in [1.29, 1.82) is 0 Å². The Balaban J connectivity index is 2.70. The van der Waals surface area contributed by atoms with Gasteiger partial charge in [0.2, 0.25) is 0 Å². The molecule has 0 spiro atoms. The highest BCUT2D eigenvalue weighted by atomic mass is 35.7. The van der Waals surface area contributed by atoms with Crippen molar-refractivity contribution in [2.75, 3.05) is 0 Å². The summed E-state index contributed by atoms with van der Waals surface area (Å²) in [4.78, 5) is 0.464. The van der Waals surface area contributed by atoms with Crippen LogP contribution in [-0.2, 0) is 6.42 Å². The van der Waals surface area contributed by atoms with E-state index in [1.165, 1.54) is 13.0 Å². The largest absolute Gasteiger partial charge is 0.445 e. The molecule has 2 rings (SSSR count). The number of alkyl halides is 3. The predicted molar refractivity (Wildman–Crippen MR) is 67.2 cm³/mol. The van der Waals surface area contributed by atoms with E-state index in [1.54, 1.807) is 12.1 Å². The minimum Gasteiger partial charge on any atom is -0.160 e. The highest BCUT2D eigenvalue weighted by Crippen LogP contribution is 2.79. The summed E-state index contributed by atoms with van der Waals surface area (Å²) in [6.07, 6.45) is 2.29. The summed E-state index contributed by atoms with van der Waals surface area (Å²) in [5, 5.41) is 0. The van der Waals surface area contributed by atoms with Crippen LogP contribution in [0.2, 0.25) is 0 Å². The lowest BCUT2D eigenvalue weighted by molar-refractivity contribution is -0.0359. The van der Waals surface area contributed by atoms with Crippen molar-refractivity contribution >= 4 is 26.0 Å². The average molecular weight is 281 g/mol. The van der Waals surface area contributed by atoms with Gasteiger partial charge in [0.05, 0.1) is 0 Å². The maximum Gasteiger partial charge on any atom is 0.445 e. The van der Waals surface area contributed by atoms with E-state index in [1.807, 2.05) is 13.0 Å². The van der Waals surface area contributed by atoms with Gasteiger partial charge in [0.1, 0.15) is 0 Å². The maximum atomic E-state index is 13.2. The zero-order valence-corrected chi connectivity index (χ0v) is 11.0. The highest BCUT2D eigenvalue weighted by molar-refractivity contribution is 8.54. The summed E-state index contributed by atoms with van der Waals surface area (Å²) >= 11 is 0. The van der Waals surface area contributed by atoms with Gasteiger partial charge >= 0.3 is 5.51 Å². The number of halogens is 4. The van der Waals surface area contributed by atoms with Crippen LogP contribution in [0.5, 0.6) is 0 Å². The van der Waals surface area contributed by atoms with Gasteiger partial charge in [0.25, 0.3) is 0 Å². The maximum absolute atomic E-state index is 13.2. The standard InChI is InChI=1S/C12H12ClF3S/c1-3-9-5-4-6-11-10(9)7-8(2)17(11,13)12(14,15)16/h4-7H,3H2,1-2H3. The summed E-state index contributed by atoms with van der Waals surface area (Å²) in [6, 6.07) is 5.00. The molecular weight excluding hydrogens is 269 g/mol. The summed E-state index contributed by atoms with van der Waals surface area (Å²) in [7, 11) is 2.59. The van der Waals surface area contributed by atoms with Crippen molar-refractivity contribution in [3.05, 3.63) is 34.2 Å². The number of benzene rings is 1. The summed E-state index contributed by atoms with van der Waals surface area (Å²) in [5.41, 5.74) is -2.82. The van der Waals surface area contributed by atoms with Gasteiger partial charge in [-0.2, -0.15) is 13.2 Å². The first-order valence-corrected chi connectivity index (χ1v) is 7.67. The van der Waals surface area contributed by atoms with Crippen LogP contribution < -0.4 is 0 Å². The van der Waals surface area contributed by atoms with Gasteiger partial charge in [0.15, 0.2) is 0 Å². The Hall–Kier alpha value is -0.610. The molecule has 0 bridgehead atoms. The number of fused-ring (bicyclic) bond motifs is 1. The average Bonchev–Trinajstić information content (AvgIpc) is 2.52. The van der Waals surface area contributed by atoms with Crippen LogP contribution in [0.25, 0.3) is 6.08 Å². The van der Waals surface area contributed by atoms with E-state index in [2.05, 4.69) is 0 Å². The molecule has 1 unspecified atom stereocenters. The molecule has 1 heterocycles. The first-order valence-electron chi connectivity index (χ1n) is 5.22. The van der Waals surface area contributed by atoms with Crippen LogP contribution in [0.3, 0.4) is 0 Å². The van der Waals surface area contributed by atoms with E-state index in [0.717, 1.165) is 5.56 Å². The van der Waals surface area contributed by atoms with Crippen LogP contribution in [-0.4, -0.2) is 5.51 Å². The van der Waals surface area contributed by atoms with Crippen LogP contribution >= 0.6 is 19.9 Å². The van der Waals surface area contributed by atoms with E-state index in [9.17, 15) is 13.2 Å². The Kier molecular flexibility index (Phi) is 2.99. The zero-order valence-electron chi connectivity index (χ0n) is 9.44. The molecule has 0 radical (unpaired) electrons. The lowest BCUT2D eigenvalue weighted by atomic mass is 10.1. The van der Waals surface area contributed by atoms with Crippen LogP contribution in [0.1, 0.15) is 25.0 Å². The van der Waals surface area contributed by atoms with Crippen molar-refractivity contribution < 1.29 is 13.2 Å². The third-order valence-corrected chi connectivity index (χ3v) is 7.31. The Labute approximate surface area is 104 Å². The molecule has 17 heavy (non-hydrogen) atoms. The van der Waals surface area contributed by atoms with Crippen molar-refractivity contribution in [2.45, 2.75) is 30.7 Å². The summed E-state index contributed by atoms with van der Waals surface area (Å²) in [5.74, 6) is 0. The van der Waals surface area contributed by atoms with Gasteiger partial charge in [-0.05, 0) is 61.4 Å². The molecule has 1 aliphatic rings. The molecule has 0 saturated carbocycles. The lowest BCUT2D eigenvalue weighted by Crippen LogP contribution is -2.15. The van der Waals surface area contributed by atoms with Crippen molar-refractivity contribution in [2.24, 2.45) is 0 Å². The predicted octanol–water partition coefficient (Wildman–Crippen LogP) is 5.46. The fraction of sp³-hybridized carbons (Fsp3) is 0.333. The van der Waals surface area contributed by atoms with Gasteiger partial charge < -0.3 is 0 Å². The minimum absolute atomic E-state index is 0.225. The van der Waals surface area contributed by atoms with Gasteiger partial charge in [0, 0.05) is 4.90 Å². The number of allylic oxidation sites excluding steroid dienone is 1. The van der Waals surface area contributed by atoms with Gasteiger partial charge in [-0.3, -0.25) is 0 Å². The second-order valence-electron chi connectivity index (χ2n) is 3.92. The molecule has 0 N–H and O–H groups in total. The van der Waals surface area contributed by atoms with Crippen LogP contribution in [0, 0.1) is 0 Å². The molecule has 0 nitrogen and oxygen atoms in total. The smallest absolute Gasteiger partial charge is 0.160 e. The minimum atomic E-state index is -4.40. The van der Waals surface area contributed by atoms with Crippen LogP contribution in [0.4, 0.5) is 13.2 Å². The second-order valence-corrected chi connectivity index (χ2v) is 7.93. The van der Waals surface area contributed by atoms with E-state index in [0.29, 0.717) is 12.0 Å². The number of aryl methyl sites for hydroxylation is 1. The van der Waals surface area contributed by atoms with Gasteiger partial charge in [-0.1, -0.05) is 19.1 Å². The van der Waals surface area contributed by atoms with E-state index in [4.69, 9.17) is 10.7 Å². The van der Waals surface area contributed by atoms with Crippen LogP contribution in [0.15, 0.2) is 28.0 Å². The molecule has 94 valence electrons. The SMILES string of the molecule is CCc1cccc2c1C=C(C)S2(Cl)C(F)(F)F. The Morgan fingerprint density at radius 2 is 1.94 bits per heavy atom. The molecule has 1 aliphatic heterocycles. The molecule has 1 aromatic rings. The Morgan fingerprint density at radius 3 is 2.47 bits per heavy atom. The van der Waals surface area contributed by atoms with Crippen molar-refractivity contribution in [3.8, 4) is 0 Å².